The van der Waals surface area contributed by atoms with E-state index in [9.17, 15) is 5.11 Å². The summed E-state index contributed by atoms with van der Waals surface area (Å²) in [5.74, 6) is 2.39. The van der Waals surface area contributed by atoms with Crippen LogP contribution < -0.4 is 19.7 Å². The summed E-state index contributed by atoms with van der Waals surface area (Å²) in [5, 5.41) is 22.4. The molecule has 2 heterocycles. The van der Waals surface area contributed by atoms with Crippen molar-refractivity contribution in [3.63, 3.8) is 0 Å². The van der Waals surface area contributed by atoms with Gasteiger partial charge < -0.3 is 24.8 Å². The second kappa shape index (κ2) is 9.93. The number of hydrogen-bond acceptors (Lipinski definition) is 7. The Balaban J connectivity index is 1.35. The molecule has 0 radical (unpaired) electrons. The maximum absolute atomic E-state index is 10.2. The number of nitrogens with zero attached hydrogens (tertiary/aromatic N) is 3. The van der Waals surface area contributed by atoms with Crippen LogP contribution in [0.1, 0.15) is 18.4 Å². The smallest absolute Gasteiger partial charge is 0.128 e. The molecule has 2 aromatic rings. The number of piperidine rings is 1. The minimum Gasteiger partial charge on any atom is -0.497 e. The van der Waals surface area contributed by atoms with Gasteiger partial charge in [-0.25, -0.2) is 4.98 Å². The van der Waals surface area contributed by atoms with Gasteiger partial charge in [0, 0.05) is 31.9 Å². The van der Waals surface area contributed by atoms with Gasteiger partial charge in [0.15, 0.2) is 0 Å². The van der Waals surface area contributed by atoms with E-state index in [1.165, 1.54) is 0 Å². The molecule has 0 saturated carbocycles. The van der Waals surface area contributed by atoms with Crippen LogP contribution in [0.4, 0.5) is 5.82 Å². The van der Waals surface area contributed by atoms with Crippen LogP contribution in [0.5, 0.6) is 11.5 Å². The number of rotatable bonds is 8. The van der Waals surface area contributed by atoms with E-state index in [1.807, 2.05) is 30.3 Å². The van der Waals surface area contributed by atoms with Crippen LogP contribution in [0.15, 0.2) is 42.6 Å². The largest absolute Gasteiger partial charge is 0.497 e. The topological polar surface area (TPSA) is 90.6 Å². The van der Waals surface area contributed by atoms with Crippen molar-refractivity contribution >= 4 is 5.82 Å². The van der Waals surface area contributed by atoms with Gasteiger partial charge in [-0.15, -0.1) is 0 Å². The second-order valence-electron chi connectivity index (χ2n) is 6.83. The number of aliphatic hydroxyl groups excluding tert-OH is 1. The van der Waals surface area contributed by atoms with Crippen LogP contribution in [0.2, 0.25) is 0 Å². The molecule has 0 bridgehead atoms. The number of nitrogens with one attached hydrogen (secondary N) is 1. The molecule has 0 unspecified atom stereocenters. The first-order valence-corrected chi connectivity index (χ1v) is 9.47. The van der Waals surface area contributed by atoms with Gasteiger partial charge in [0.25, 0.3) is 0 Å². The SMILES string of the molecule is COc1ccc(OC[C@H](O)CNC2CCN(c3ccc(C#N)cn3)CC2)cc1. The molecule has 1 fully saturated rings. The fourth-order valence-corrected chi connectivity index (χ4v) is 3.18. The average molecular weight is 382 g/mol. The molecule has 2 N–H and O–H groups in total. The number of methoxy groups -OCH3 is 1. The molecule has 0 aliphatic carbocycles. The Bertz CT molecular complexity index is 766. The third kappa shape index (κ3) is 5.59. The van der Waals surface area contributed by atoms with E-state index >= 15 is 0 Å². The van der Waals surface area contributed by atoms with E-state index in [4.69, 9.17) is 14.7 Å². The molecule has 148 valence electrons. The van der Waals surface area contributed by atoms with Crippen molar-refractivity contribution < 1.29 is 14.6 Å². The Kier molecular flexibility index (Phi) is 7.06. The second-order valence-corrected chi connectivity index (χ2v) is 6.83. The van der Waals surface area contributed by atoms with Gasteiger partial charge in [0.2, 0.25) is 0 Å². The van der Waals surface area contributed by atoms with Crippen molar-refractivity contribution in [1.29, 1.82) is 5.26 Å². The summed E-state index contributed by atoms with van der Waals surface area (Å²) in [6.45, 7) is 2.54. The van der Waals surface area contributed by atoms with Crippen LogP contribution in [-0.4, -0.2) is 55.6 Å². The monoisotopic (exact) mass is 382 g/mol. The minimum absolute atomic E-state index is 0.243. The minimum atomic E-state index is -0.569. The third-order valence-electron chi connectivity index (χ3n) is 4.84. The molecule has 1 aliphatic heterocycles. The number of benzene rings is 1. The van der Waals surface area contributed by atoms with Crippen molar-refractivity contribution in [2.45, 2.75) is 25.0 Å². The molecular formula is C21H26N4O3. The molecule has 7 nitrogen and oxygen atoms in total. The van der Waals surface area contributed by atoms with Crippen molar-refractivity contribution in [3.05, 3.63) is 48.2 Å². The van der Waals surface area contributed by atoms with E-state index < -0.39 is 6.10 Å². The lowest BCUT2D eigenvalue weighted by atomic mass is 10.0. The summed E-state index contributed by atoms with van der Waals surface area (Å²) < 4.78 is 10.7. The highest BCUT2D eigenvalue weighted by molar-refractivity contribution is 5.42. The van der Waals surface area contributed by atoms with Crippen LogP contribution in [0.25, 0.3) is 0 Å². The van der Waals surface area contributed by atoms with Gasteiger partial charge in [-0.1, -0.05) is 0 Å². The lowest BCUT2D eigenvalue weighted by Crippen LogP contribution is -2.45. The Labute approximate surface area is 165 Å². The van der Waals surface area contributed by atoms with Crippen LogP contribution >= 0.6 is 0 Å². The number of nitriles is 1. The van der Waals surface area contributed by atoms with E-state index in [0.29, 0.717) is 23.9 Å². The van der Waals surface area contributed by atoms with Gasteiger partial charge >= 0.3 is 0 Å². The van der Waals surface area contributed by atoms with E-state index in [2.05, 4.69) is 21.3 Å². The highest BCUT2D eigenvalue weighted by Crippen LogP contribution is 2.19. The zero-order valence-corrected chi connectivity index (χ0v) is 16.0. The van der Waals surface area contributed by atoms with E-state index in [1.54, 1.807) is 19.4 Å². The molecule has 1 saturated heterocycles. The maximum Gasteiger partial charge on any atom is 0.128 e. The summed E-state index contributed by atoms with van der Waals surface area (Å²) in [6, 6.07) is 13.5. The zero-order valence-electron chi connectivity index (χ0n) is 16.0. The van der Waals surface area contributed by atoms with Crippen molar-refractivity contribution in [2.75, 3.05) is 38.3 Å². The molecule has 7 heteroatoms. The molecule has 1 atom stereocenters. The molecule has 3 rings (SSSR count). The first kappa shape index (κ1) is 19.9. The number of aromatic nitrogens is 1. The standard InChI is InChI=1S/C21H26N4O3/c1-27-19-3-5-20(6-4-19)28-15-18(26)14-23-17-8-10-25(11-9-17)21-7-2-16(12-22)13-24-21/h2-7,13,17-18,23,26H,8-11,14-15H2,1H3/t18-/m1/s1. The van der Waals surface area contributed by atoms with Crippen LogP contribution in [0.3, 0.4) is 0 Å². The molecule has 1 aromatic heterocycles. The molecule has 0 spiro atoms. The molecule has 28 heavy (non-hydrogen) atoms. The predicted octanol–water partition coefficient (Wildman–Crippen LogP) is 1.96. The first-order chi connectivity index (χ1) is 13.7. The Morgan fingerprint density at radius 3 is 2.54 bits per heavy atom. The zero-order chi connectivity index (χ0) is 19.8. The molecule has 1 aliphatic rings. The molecule has 0 amide bonds. The van der Waals surface area contributed by atoms with Crippen LogP contribution in [-0.2, 0) is 0 Å². The first-order valence-electron chi connectivity index (χ1n) is 9.47. The van der Waals surface area contributed by atoms with Crippen molar-refractivity contribution in [1.82, 2.24) is 10.3 Å². The van der Waals surface area contributed by atoms with E-state index in [-0.39, 0.29) is 6.61 Å². The number of hydrogen-bond donors (Lipinski definition) is 2. The Hall–Kier alpha value is -2.82. The molecule has 1 aromatic carbocycles. The highest BCUT2D eigenvalue weighted by Gasteiger charge is 2.20. The fraction of sp³-hybridized carbons (Fsp3) is 0.429. The Morgan fingerprint density at radius 1 is 1.21 bits per heavy atom. The van der Waals surface area contributed by atoms with Gasteiger partial charge in [0.1, 0.15) is 36.1 Å². The summed E-state index contributed by atoms with van der Waals surface area (Å²) in [6.07, 6.45) is 3.00. The lowest BCUT2D eigenvalue weighted by molar-refractivity contribution is 0.102. The van der Waals surface area contributed by atoms with Gasteiger partial charge in [-0.2, -0.15) is 5.26 Å². The average Bonchev–Trinajstić information content (AvgIpc) is 2.77. The molecular weight excluding hydrogens is 356 g/mol. The van der Waals surface area contributed by atoms with Gasteiger partial charge in [0.05, 0.1) is 12.7 Å². The number of anilines is 1. The van der Waals surface area contributed by atoms with Crippen LogP contribution in [0, 0.1) is 11.3 Å². The van der Waals surface area contributed by atoms with Gasteiger partial charge in [-0.3, -0.25) is 0 Å². The highest BCUT2D eigenvalue weighted by atomic mass is 16.5. The normalized spacial score (nSPS) is 15.7. The quantitative estimate of drug-likeness (QED) is 0.721. The predicted molar refractivity (Wildman–Crippen MR) is 107 cm³/mol. The summed E-state index contributed by atoms with van der Waals surface area (Å²) in [4.78, 5) is 6.58. The number of aliphatic hydroxyl groups is 1. The van der Waals surface area contributed by atoms with Crippen molar-refractivity contribution in [2.24, 2.45) is 0 Å². The summed E-state index contributed by atoms with van der Waals surface area (Å²) in [7, 11) is 1.62. The lowest BCUT2D eigenvalue weighted by Gasteiger charge is -2.33. The van der Waals surface area contributed by atoms with Gasteiger partial charge in [-0.05, 0) is 49.2 Å². The van der Waals surface area contributed by atoms with E-state index in [0.717, 1.165) is 37.5 Å². The third-order valence-corrected chi connectivity index (χ3v) is 4.84. The summed E-state index contributed by atoms with van der Waals surface area (Å²) in [5.41, 5.74) is 0.575. The number of pyridine rings is 1. The fourth-order valence-electron chi connectivity index (χ4n) is 3.18. The Morgan fingerprint density at radius 2 is 1.93 bits per heavy atom. The number of ether oxygens (including phenoxy) is 2. The van der Waals surface area contributed by atoms with Crippen molar-refractivity contribution in [3.8, 4) is 17.6 Å². The maximum atomic E-state index is 10.2. The summed E-state index contributed by atoms with van der Waals surface area (Å²) >= 11 is 0.